The van der Waals surface area contributed by atoms with E-state index in [2.05, 4.69) is 9.97 Å². The molecule has 0 saturated heterocycles. The number of nitrogens with zero attached hydrogens (tertiary/aromatic N) is 1. The van der Waals surface area contributed by atoms with Crippen LogP contribution in [-0.2, 0) is 10.2 Å². The van der Waals surface area contributed by atoms with Crippen LogP contribution in [0.15, 0.2) is 0 Å². The van der Waals surface area contributed by atoms with Gasteiger partial charge in [-0.2, -0.15) is 0 Å². The van der Waals surface area contributed by atoms with E-state index in [1.54, 1.807) is 13.8 Å². The van der Waals surface area contributed by atoms with Crippen molar-refractivity contribution >= 4 is 5.97 Å². The van der Waals surface area contributed by atoms with Crippen molar-refractivity contribution < 1.29 is 9.90 Å². The first-order valence-electron chi connectivity index (χ1n) is 5.07. The molecule has 0 bridgehead atoms. The standard InChI is InChI=1S/C11H18N2O2/c1-6(2)8-7(3)12-9(13-8)11(4,5)10(14)15/h6H,1-5H3,(H,12,13)(H,14,15). The summed E-state index contributed by atoms with van der Waals surface area (Å²) in [4.78, 5) is 18.5. The van der Waals surface area contributed by atoms with Crippen molar-refractivity contribution in [2.45, 2.75) is 46.0 Å². The molecule has 0 atom stereocenters. The number of rotatable bonds is 3. The highest BCUT2D eigenvalue weighted by molar-refractivity contribution is 5.79. The second-order valence-electron chi connectivity index (χ2n) is 4.68. The van der Waals surface area contributed by atoms with Crippen molar-refractivity contribution in [1.82, 2.24) is 9.97 Å². The SMILES string of the molecule is Cc1[nH]c(C(C)(C)C(=O)O)nc1C(C)C. The van der Waals surface area contributed by atoms with Crippen LogP contribution in [0.5, 0.6) is 0 Å². The van der Waals surface area contributed by atoms with Gasteiger partial charge in [0.1, 0.15) is 11.2 Å². The number of hydrogen-bond acceptors (Lipinski definition) is 2. The van der Waals surface area contributed by atoms with Crippen LogP contribution in [0, 0.1) is 6.92 Å². The molecule has 1 aromatic rings. The third-order valence-corrected chi connectivity index (χ3v) is 2.60. The highest BCUT2D eigenvalue weighted by Gasteiger charge is 2.33. The molecular formula is C11H18N2O2. The van der Waals surface area contributed by atoms with Crippen LogP contribution in [0.2, 0.25) is 0 Å². The smallest absolute Gasteiger partial charge is 0.316 e. The van der Waals surface area contributed by atoms with E-state index in [-0.39, 0.29) is 0 Å². The summed E-state index contributed by atoms with van der Waals surface area (Å²) < 4.78 is 0. The monoisotopic (exact) mass is 210 g/mol. The van der Waals surface area contributed by atoms with Gasteiger partial charge in [-0.15, -0.1) is 0 Å². The van der Waals surface area contributed by atoms with Crippen molar-refractivity contribution in [3.8, 4) is 0 Å². The highest BCUT2D eigenvalue weighted by atomic mass is 16.4. The van der Waals surface area contributed by atoms with Gasteiger partial charge in [0.2, 0.25) is 0 Å². The first kappa shape index (κ1) is 11.8. The quantitative estimate of drug-likeness (QED) is 0.803. The molecule has 84 valence electrons. The van der Waals surface area contributed by atoms with Gasteiger partial charge in [0.05, 0.1) is 5.69 Å². The molecule has 0 aromatic carbocycles. The van der Waals surface area contributed by atoms with Gasteiger partial charge in [0, 0.05) is 5.69 Å². The summed E-state index contributed by atoms with van der Waals surface area (Å²) in [5, 5.41) is 9.07. The third-order valence-electron chi connectivity index (χ3n) is 2.60. The Hall–Kier alpha value is -1.32. The summed E-state index contributed by atoms with van der Waals surface area (Å²) in [7, 11) is 0. The van der Waals surface area contributed by atoms with Gasteiger partial charge in [-0.3, -0.25) is 4.79 Å². The Balaban J connectivity index is 3.18. The summed E-state index contributed by atoms with van der Waals surface area (Å²) in [6.07, 6.45) is 0. The lowest BCUT2D eigenvalue weighted by Gasteiger charge is -2.15. The number of aryl methyl sites for hydroxylation is 1. The van der Waals surface area contributed by atoms with E-state index in [1.165, 1.54) is 0 Å². The lowest BCUT2D eigenvalue weighted by Crippen LogP contribution is -2.29. The molecule has 2 N–H and O–H groups in total. The van der Waals surface area contributed by atoms with E-state index < -0.39 is 11.4 Å². The van der Waals surface area contributed by atoms with Gasteiger partial charge in [-0.05, 0) is 26.7 Å². The molecule has 0 fully saturated rings. The van der Waals surface area contributed by atoms with Crippen LogP contribution >= 0.6 is 0 Å². The Labute approximate surface area is 89.7 Å². The minimum absolute atomic E-state index is 0.305. The van der Waals surface area contributed by atoms with Crippen LogP contribution < -0.4 is 0 Å². The van der Waals surface area contributed by atoms with Crippen LogP contribution in [0.25, 0.3) is 0 Å². The number of carboxylic acids is 1. The van der Waals surface area contributed by atoms with E-state index in [4.69, 9.17) is 5.11 Å². The summed E-state index contributed by atoms with van der Waals surface area (Å²) in [5.74, 6) is -0.0395. The first-order chi connectivity index (χ1) is 6.76. The Kier molecular flexibility index (Phi) is 2.88. The maximum Gasteiger partial charge on any atom is 0.316 e. The lowest BCUT2D eigenvalue weighted by molar-refractivity contribution is -0.142. The number of aromatic nitrogens is 2. The molecule has 1 rings (SSSR count). The Morgan fingerprint density at radius 2 is 2.00 bits per heavy atom. The summed E-state index contributed by atoms with van der Waals surface area (Å²) in [5.41, 5.74) is 0.936. The summed E-state index contributed by atoms with van der Waals surface area (Å²) in [6.45, 7) is 9.31. The van der Waals surface area contributed by atoms with E-state index in [9.17, 15) is 4.79 Å². The molecular weight excluding hydrogens is 192 g/mol. The second kappa shape index (κ2) is 3.68. The minimum Gasteiger partial charge on any atom is -0.481 e. The van der Waals surface area contributed by atoms with Gasteiger partial charge >= 0.3 is 5.97 Å². The Morgan fingerprint density at radius 3 is 2.33 bits per heavy atom. The number of carboxylic acid groups (broad SMARTS) is 1. The normalized spacial score (nSPS) is 12.1. The van der Waals surface area contributed by atoms with Crippen molar-refractivity contribution in [2.24, 2.45) is 0 Å². The highest BCUT2D eigenvalue weighted by Crippen LogP contribution is 2.24. The predicted octanol–water partition coefficient (Wildman–Crippen LogP) is 2.20. The fraction of sp³-hybridized carbons (Fsp3) is 0.636. The Bertz CT molecular complexity index is 378. The van der Waals surface area contributed by atoms with Crippen molar-refractivity contribution in [3.63, 3.8) is 0 Å². The molecule has 0 saturated carbocycles. The molecule has 4 heteroatoms. The molecule has 0 aliphatic carbocycles. The number of aliphatic carboxylic acids is 1. The first-order valence-corrected chi connectivity index (χ1v) is 5.07. The zero-order valence-electron chi connectivity index (χ0n) is 9.88. The van der Waals surface area contributed by atoms with Crippen LogP contribution in [0.4, 0.5) is 0 Å². The molecule has 4 nitrogen and oxygen atoms in total. The van der Waals surface area contributed by atoms with Crippen LogP contribution in [-0.4, -0.2) is 21.0 Å². The average molecular weight is 210 g/mol. The van der Waals surface area contributed by atoms with Crippen LogP contribution in [0.3, 0.4) is 0 Å². The number of carbonyl (C=O) groups is 1. The number of hydrogen-bond donors (Lipinski definition) is 2. The minimum atomic E-state index is -0.960. The average Bonchev–Trinajstić information content (AvgIpc) is 2.47. The van der Waals surface area contributed by atoms with E-state index in [1.807, 2.05) is 20.8 Å². The zero-order valence-corrected chi connectivity index (χ0v) is 9.88. The summed E-state index contributed by atoms with van der Waals surface area (Å²) >= 11 is 0. The topological polar surface area (TPSA) is 66.0 Å². The summed E-state index contributed by atoms with van der Waals surface area (Å²) in [6, 6.07) is 0. The largest absolute Gasteiger partial charge is 0.481 e. The maximum absolute atomic E-state index is 11.1. The lowest BCUT2D eigenvalue weighted by atomic mass is 9.93. The van der Waals surface area contributed by atoms with Gasteiger partial charge in [-0.25, -0.2) is 4.98 Å². The molecule has 0 aliphatic heterocycles. The molecule has 0 spiro atoms. The molecule has 1 aromatic heterocycles. The van der Waals surface area contributed by atoms with Crippen molar-refractivity contribution in [3.05, 3.63) is 17.2 Å². The Morgan fingerprint density at radius 1 is 1.47 bits per heavy atom. The maximum atomic E-state index is 11.1. The molecule has 0 radical (unpaired) electrons. The predicted molar refractivity (Wildman–Crippen MR) is 58.1 cm³/mol. The second-order valence-corrected chi connectivity index (χ2v) is 4.68. The number of nitrogens with one attached hydrogen (secondary N) is 1. The third kappa shape index (κ3) is 2.03. The van der Waals surface area contributed by atoms with Gasteiger partial charge in [-0.1, -0.05) is 13.8 Å². The fourth-order valence-corrected chi connectivity index (χ4v) is 1.43. The van der Waals surface area contributed by atoms with E-state index in [0.717, 1.165) is 11.4 Å². The van der Waals surface area contributed by atoms with Gasteiger partial charge < -0.3 is 10.1 Å². The molecule has 15 heavy (non-hydrogen) atoms. The molecule has 0 unspecified atom stereocenters. The van der Waals surface area contributed by atoms with Crippen molar-refractivity contribution in [2.75, 3.05) is 0 Å². The van der Waals surface area contributed by atoms with Gasteiger partial charge in [0.15, 0.2) is 0 Å². The fourth-order valence-electron chi connectivity index (χ4n) is 1.43. The molecule has 0 aliphatic rings. The molecule has 1 heterocycles. The van der Waals surface area contributed by atoms with Crippen molar-refractivity contribution in [1.29, 1.82) is 0 Å². The number of H-pyrrole nitrogens is 1. The number of imidazole rings is 1. The van der Waals surface area contributed by atoms with Gasteiger partial charge in [0.25, 0.3) is 0 Å². The van der Waals surface area contributed by atoms with Crippen LogP contribution in [0.1, 0.15) is 50.8 Å². The van der Waals surface area contributed by atoms with E-state index >= 15 is 0 Å². The van der Waals surface area contributed by atoms with E-state index in [0.29, 0.717) is 11.7 Å². The zero-order chi connectivity index (χ0) is 11.8. The number of aromatic amines is 1. The molecule has 0 amide bonds.